The molecule has 0 saturated heterocycles. The molecule has 0 atom stereocenters. The zero-order valence-corrected chi connectivity index (χ0v) is 14.6. The molecule has 0 aliphatic heterocycles. The number of aromatic nitrogens is 3. The Morgan fingerprint density at radius 1 is 1.15 bits per heavy atom. The number of carbonyl (C=O) groups is 1. The Balaban J connectivity index is 1.78. The van der Waals surface area contributed by atoms with E-state index in [1.165, 1.54) is 12.1 Å². The highest BCUT2D eigenvalue weighted by molar-refractivity contribution is 6.33. The lowest BCUT2D eigenvalue weighted by Gasteiger charge is -2.09. The monoisotopic (exact) mass is 381 g/mol. The molecule has 2 aromatic carbocycles. The van der Waals surface area contributed by atoms with Crippen molar-refractivity contribution in [3.8, 4) is 5.82 Å². The molecule has 0 aliphatic rings. The summed E-state index contributed by atoms with van der Waals surface area (Å²) < 4.78 is 15.4. The molecular weight excluding hydrogens is 369 g/mol. The lowest BCUT2D eigenvalue weighted by Crippen LogP contribution is -2.10. The van der Waals surface area contributed by atoms with Gasteiger partial charge >= 0.3 is 0 Å². The Hall–Kier alpha value is -3.45. The van der Waals surface area contributed by atoms with E-state index in [0.717, 1.165) is 10.9 Å². The minimum absolute atomic E-state index is 0.0473. The highest BCUT2D eigenvalue weighted by Crippen LogP contribution is 2.27. The second-order valence-electron chi connectivity index (χ2n) is 5.76. The highest BCUT2D eigenvalue weighted by atomic mass is 35.5. The normalized spacial score (nSPS) is 10.9. The van der Waals surface area contributed by atoms with Crippen molar-refractivity contribution in [1.29, 1.82) is 0 Å². The van der Waals surface area contributed by atoms with E-state index in [9.17, 15) is 9.18 Å². The van der Waals surface area contributed by atoms with Gasteiger partial charge in [-0.1, -0.05) is 35.9 Å². The Kier molecular flexibility index (Phi) is 4.21. The first kappa shape index (κ1) is 17.0. The van der Waals surface area contributed by atoms with Crippen LogP contribution < -0.4 is 11.1 Å². The van der Waals surface area contributed by atoms with Gasteiger partial charge < -0.3 is 15.6 Å². The number of carbonyl (C=O) groups excluding carboxylic acids is 1. The first-order valence-electron chi connectivity index (χ1n) is 7.99. The molecule has 4 rings (SSSR count). The largest absolute Gasteiger partial charge is 0.366 e. The van der Waals surface area contributed by atoms with Gasteiger partial charge in [-0.05, 0) is 24.3 Å². The van der Waals surface area contributed by atoms with Gasteiger partial charge in [0.1, 0.15) is 11.6 Å². The molecule has 6 nitrogen and oxygen atoms in total. The molecule has 27 heavy (non-hydrogen) atoms. The summed E-state index contributed by atoms with van der Waals surface area (Å²) in [6.07, 6.45) is 3.19. The maximum atomic E-state index is 13.6. The van der Waals surface area contributed by atoms with Crippen molar-refractivity contribution in [2.75, 3.05) is 5.32 Å². The van der Waals surface area contributed by atoms with E-state index in [-0.39, 0.29) is 11.0 Å². The SMILES string of the molecule is NC(=O)c1cn(-c2ccnc(Nc3cccc(F)c3Cl)n2)c2ccccc12. The first-order valence-corrected chi connectivity index (χ1v) is 8.37. The van der Waals surface area contributed by atoms with Gasteiger partial charge in [-0.3, -0.25) is 4.79 Å². The van der Waals surface area contributed by atoms with Crippen molar-refractivity contribution in [3.05, 3.63) is 77.3 Å². The van der Waals surface area contributed by atoms with Gasteiger partial charge in [0, 0.05) is 17.8 Å². The fourth-order valence-electron chi connectivity index (χ4n) is 2.83. The molecule has 134 valence electrons. The minimum Gasteiger partial charge on any atom is -0.366 e. The zero-order chi connectivity index (χ0) is 19.0. The van der Waals surface area contributed by atoms with Crippen LogP contribution in [0.2, 0.25) is 5.02 Å². The number of nitrogens with zero attached hydrogens (tertiary/aromatic N) is 3. The number of benzene rings is 2. The number of halogens is 2. The number of rotatable bonds is 4. The van der Waals surface area contributed by atoms with Gasteiger partial charge in [-0.15, -0.1) is 0 Å². The highest BCUT2D eigenvalue weighted by Gasteiger charge is 2.14. The number of fused-ring (bicyclic) bond motifs is 1. The summed E-state index contributed by atoms with van der Waals surface area (Å²) in [4.78, 5) is 20.3. The molecule has 0 aliphatic carbocycles. The van der Waals surface area contributed by atoms with Gasteiger partial charge in [0.15, 0.2) is 0 Å². The van der Waals surface area contributed by atoms with E-state index in [1.807, 2.05) is 24.3 Å². The van der Waals surface area contributed by atoms with Gasteiger partial charge in [0.2, 0.25) is 5.95 Å². The molecule has 0 fully saturated rings. The average molecular weight is 382 g/mol. The predicted octanol–water partition coefficient (Wildman–Crippen LogP) is 4.06. The number of hydrogen-bond donors (Lipinski definition) is 2. The van der Waals surface area contributed by atoms with E-state index in [0.29, 0.717) is 17.1 Å². The minimum atomic E-state index is -0.541. The van der Waals surface area contributed by atoms with Crippen LogP contribution >= 0.6 is 11.6 Å². The number of nitrogens with one attached hydrogen (secondary N) is 1. The Morgan fingerprint density at radius 2 is 1.96 bits per heavy atom. The van der Waals surface area contributed by atoms with Crippen molar-refractivity contribution in [3.63, 3.8) is 0 Å². The van der Waals surface area contributed by atoms with Crippen molar-refractivity contribution in [1.82, 2.24) is 14.5 Å². The van der Waals surface area contributed by atoms with Crippen LogP contribution in [0.25, 0.3) is 16.7 Å². The molecule has 2 heterocycles. The van der Waals surface area contributed by atoms with Crippen LogP contribution in [0.5, 0.6) is 0 Å². The fourth-order valence-corrected chi connectivity index (χ4v) is 3.00. The Morgan fingerprint density at radius 3 is 2.78 bits per heavy atom. The molecule has 0 bridgehead atoms. The summed E-state index contributed by atoms with van der Waals surface area (Å²) in [5.41, 5.74) is 7.01. The van der Waals surface area contributed by atoms with Crippen LogP contribution in [0.15, 0.2) is 60.9 Å². The van der Waals surface area contributed by atoms with Crippen LogP contribution in [0.3, 0.4) is 0 Å². The summed E-state index contributed by atoms with van der Waals surface area (Å²) >= 11 is 5.97. The summed E-state index contributed by atoms with van der Waals surface area (Å²) in [6, 6.07) is 13.5. The van der Waals surface area contributed by atoms with Crippen molar-refractivity contribution in [2.45, 2.75) is 0 Å². The molecule has 3 N–H and O–H groups in total. The molecule has 2 aromatic heterocycles. The molecule has 0 spiro atoms. The molecule has 0 saturated carbocycles. The van der Waals surface area contributed by atoms with E-state index >= 15 is 0 Å². The van der Waals surface area contributed by atoms with Crippen LogP contribution in [0, 0.1) is 5.82 Å². The number of primary amides is 1. The molecule has 0 radical (unpaired) electrons. The lowest BCUT2D eigenvalue weighted by atomic mass is 10.2. The lowest BCUT2D eigenvalue weighted by molar-refractivity contribution is 0.100. The number of hydrogen-bond acceptors (Lipinski definition) is 4. The number of nitrogens with two attached hydrogens (primary N) is 1. The van der Waals surface area contributed by atoms with Gasteiger partial charge in [0.05, 0.1) is 21.8 Å². The molecule has 4 aromatic rings. The van der Waals surface area contributed by atoms with Crippen LogP contribution in [0.4, 0.5) is 16.0 Å². The van der Waals surface area contributed by atoms with E-state index in [4.69, 9.17) is 17.3 Å². The maximum Gasteiger partial charge on any atom is 0.250 e. The Bertz CT molecular complexity index is 1170. The molecule has 8 heteroatoms. The third-order valence-electron chi connectivity index (χ3n) is 4.06. The van der Waals surface area contributed by atoms with Crippen LogP contribution in [-0.4, -0.2) is 20.4 Å². The average Bonchev–Trinajstić information content (AvgIpc) is 3.06. The van der Waals surface area contributed by atoms with Gasteiger partial charge in [-0.2, -0.15) is 4.98 Å². The first-order chi connectivity index (χ1) is 13.0. The van der Waals surface area contributed by atoms with Crippen molar-refractivity contribution in [2.24, 2.45) is 5.73 Å². The van der Waals surface area contributed by atoms with Crippen LogP contribution in [-0.2, 0) is 0 Å². The standard InChI is InChI=1S/C19H13ClFN5O/c20-17-13(21)5-3-6-14(17)24-19-23-9-8-16(25-19)26-10-12(18(22)27)11-4-1-2-7-15(11)26/h1-10H,(H2,22,27)(H,23,24,25). The second-order valence-corrected chi connectivity index (χ2v) is 6.14. The van der Waals surface area contributed by atoms with Gasteiger partial charge in [0.25, 0.3) is 5.91 Å². The maximum absolute atomic E-state index is 13.6. The molecular formula is C19H13ClFN5O. The van der Waals surface area contributed by atoms with Crippen molar-refractivity contribution >= 4 is 40.0 Å². The third kappa shape index (κ3) is 3.09. The number of para-hydroxylation sites is 1. The van der Waals surface area contributed by atoms with Crippen molar-refractivity contribution < 1.29 is 9.18 Å². The summed E-state index contributed by atoms with van der Waals surface area (Å²) in [5.74, 6) is -0.314. The topological polar surface area (TPSA) is 85.8 Å². The molecule has 0 unspecified atom stereocenters. The zero-order valence-electron chi connectivity index (χ0n) is 13.9. The quantitative estimate of drug-likeness (QED) is 0.558. The summed E-state index contributed by atoms with van der Waals surface area (Å²) in [6.45, 7) is 0. The summed E-state index contributed by atoms with van der Waals surface area (Å²) in [7, 11) is 0. The van der Waals surface area contributed by atoms with E-state index in [1.54, 1.807) is 29.1 Å². The van der Waals surface area contributed by atoms with E-state index < -0.39 is 11.7 Å². The third-order valence-corrected chi connectivity index (χ3v) is 4.45. The molecule has 1 amide bonds. The van der Waals surface area contributed by atoms with E-state index in [2.05, 4.69) is 15.3 Å². The fraction of sp³-hybridized carbons (Fsp3) is 0. The second kappa shape index (κ2) is 6.69. The summed E-state index contributed by atoms with van der Waals surface area (Å²) in [5, 5.41) is 3.58. The van der Waals surface area contributed by atoms with Gasteiger partial charge in [-0.25, -0.2) is 9.37 Å². The van der Waals surface area contributed by atoms with Crippen LogP contribution in [0.1, 0.15) is 10.4 Å². The Labute approximate surface area is 158 Å². The smallest absolute Gasteiger partial charge is 0.250 e. The number of anilines is 2. The number of amides is 1. The predicted molar refractivity (Wildman–Crippen MR) is 102 cm³/mol.